The Labute approximate surface area is 117 Å². The van der Waals surface area contributed by atoms with Gasteiger partial charge in [0.25, 0.3) is 11.6 Å². The molecule has 6 nitrogen and oxygen atoms in total. The lowest BCUT2D eigenvalue weighted by molar-refractivity contribution is -0.385. The Hall–Kier alpha value is -2.11. The molecule has 1 N–H and O–H groups in total. The number of hydrogen-bond acceptors (Lipinski definition) is 4. The Morgan fingerprint density at radius 1 is 1.50 bits per heavy atom. The zero-order chi connectivity index (χ0) is 14.7. The second kappa shape index (κ2) is 5.90. The predicted molar refractivity (Wildman–Crippen MR) is 77.0 cm³/mol. The van der Waals surface area contributed by atoms with E-state index in [1.807, 2.05) is 6.92 Å². The Kier molecular flexibility index (Phi) is 4.22. The van der Waals surface area contributed by atoms with Gasteiger partial charge in [0.2, 0.25) is 0 Å². The highest BCUT2D eigenvalue weighted by Crippen LogP contribution is 2.28. The lowest BCUT2D eigenvalue weighted by atomic mass is 9.91. The molecule has 0 bridgehead atoms. The van der Waals surface area contributed by atoms with Gasteiger partial charge in [-0.25, -0.2) is 0 Å². The summed E-state index contributed by atoms with van der Waals surface area (Å²) in [5.41, 5.74) is 0.745. The molecule has 1 aromatic carbocycles. The molecule has 0 radical (unpaired) electrons. The van der Waals surface area contributed by atoms with Gasteiger partial charge in [0.1, 0.15) is 5.56 Å². The molecule has 20 heavy (non-hydrogen) atoms. The Bertz CT molecular complexity index is 526. The van der Waals surface area contributed by atoms with Crippen LogP contribution in [0.4, 0.5) is 11.4 Å². The van der Waals surface area contributed by atoms with Crippen LogP contribution < -0.4 is 5.32 Å². The smallest absolute Gasteiger partial charge is 0.282 e. The maximum Gasteiger partial charge on any atom is 0.282 e. The van der Waals surface area contributed by atoms with Crippen LogP contribution in [0.3, 0.4) is 0 Å². The van der Waals surface area contributed by atoms with Gasteiger partial charge in [0.15, 0.2) is 0 Å². The van der Waals surface area contributed by atoms with E-state index in [4.69, 9.17) is 0 Å². The molecule has 1 aliphatic carbocycles. The summed E-state index contributed by atoms with van der Waals surface area (Å²) in [5, 5.41) is 14.2. The average Bonchev–Trinajstić information content (AvgIpc) is 2.35. The molecule has 1 aliphatic rings. The third kappa shape index (κ3) is 2.74. The van der Waals surface area contributed by atoms with Crippen LogP contribution >= 0.6 is 0 Å². The van der Waals surface area contributed by atoms with Crippen molar-refractivity contribution in [3.8, 4) is 0 Å². The van der Waals surface area contributed by atoms with Crippen molar-refractivity contribution in [2.45, 2.75) is 32.2 Å². The summed E-state index contributed by atoms with van der Waals surface area (Å²) >= 11 is 0. The fourth-order valence-electron chi connectivity index (χ4n) is 2.31. The minimum Gasteiger partial charge on any atom is -0.385 e. The van der Waals surface area contributed by atoms with Crippen molar-refractivity contribution < 1.29 is 9.72 Å². The summed E-state index contributed by atoms with van der Waals surface area (Å²) in [6, 6.07) is 4.80. The maximum absolute atomic E-state index is 12.5. The molecule has 0 unspecified atom stereocenters. The van der Waals surface area contributed by atoms with E-state index in [0.29, 0.717) is 6.54 Å². The molecular formula is C14H19N3O3. The number of rotatable bonds is 5. The fourth-order valence-corrected chi connectivity index (χ4v) is 2.31. The number of nitro benzene ring substituents is 1. The first kappa shape index (κ1) is 14.3. The molecule has 1 saturated carbocycles. The highest BCUT2D eigenvalue weighted by atomic mass is 16.6. The number of carbonyl (C=O) groups excluding carboxylic acids is 1. The Morgan fingerprint density at radius 3 is 2.70 bits per heavy atom. The molecule has 1 aromatic rings. The number of nitrogens with one attached hydrogen (secondary N) is 1. The SMILES string of the molecule is CCNc1ccc([N+](=O)[O-])c(C(=O)N(C)C2CCC2)c1. The zero-order valence-corrected chi connectivity index (χ0v) is 11.8. The second-order valence-electron chi connectivity index (χ2n) is 5.02. The van der Waals surface area contributed by atoms with E-state index in [1.165, 1.54) is 6.07 Å². The van der Waals surface area contributed by atoms with Gasteiger partial charge in [0, 0.05) is 31.4 Å². The topological polar surface area (TPSA) is 75.5 Å². The van der Waals surface area contributed by atoms with Crippen LogP contribution in [0.2, 0.25) is 0 Å². The Balaban J connectivity index is 2.32. The number of nitro groups is 1. The molecule has 6 heteroatoms. The molecule has 0 heterocycles. The quantitative estimate of drug-likeness (QED) is 0.663. The molecule has 0 spiro atoms. The highest BCUT2D eigenvalue weighted by Gasteiger charge is 2.30. The van der Waals surface area contributed by atoms with E-state index in [1.54, 1.807) is 24.1 Å². The molecule has 108 valence electrons. The highest BCUT2D eigenvalue weighted by molar-refractivity contribution is 5.99. The number of amides is 1. The standard InChI is InChI=1S/C14H19N3O3/c1-3-15-10-7-8-13(17(19)20)12(9-10)14(18)16(2)11-5-4-6-11/h7-9,11,15H,3-6H2,1-2H3. The average molecular weight is 277 g/mol. The number of nitrogens with zero attached hydrogens (tertiary/aromatic N) is 2. The van der Waals surface area contributed by atoms with E-state index in [9.17, 15) is 14.9 Å². The van der Waals surface area contributed by atoms with Gasteiger partial charge in [0.05, 0.1) is 4.92 Å². The van der Waals surface area contributed by atoms with Gasteiger partial charge in [-0.2, -0.15) is 0 Å². The third-order valence-electron chi connectivity index (χ3n) is 3.75. The van der Waals surface area contributed by atoms with Crippen LogP contribution in [0.15, 0.2) is 18.2 Å². The van der Waals surface area contributed by atoms with Crippen molar-refractivity contribution in [3.63, 3.8) is 0 Å². The predicted octanol–water partition coefficient (Wildman–Crippen LogP) is 2.65. The van der Waals surface area contributed by atoms with Crippen molar-refractivity contribution in [2.24, 2.45) is 0 Å². The monoisotopic (exact) mass is 277 g/mol. The zero-order valence-electron chi connectivity index (χ0n) is 11.8. The van der Waals surface area contributed by atoms with Crippen molar-refractivity contribution in [2.75, 3.05) is 18.9 Å². The third-order valence-corrected chi connectivity index (χ3v) is 3.75. The van der Waals surface area contributed by atoms with Gasteiger partial charge >= 0.3 is 0 Å². The summed E-state index contributed by atoms with van der Waals surface area (Å²) in [6.45, 7) is 2.63. The number of carbonyl (C=O) groups is 1. The first-order chi connectivity index (χ1) is 9.54. The van der Waals surface area contributed by atoms with Crippen LogP contribution in [0, 0.1) is 10.1 Å². The number of hydrogen-bond donors (Lipinski definition) is 1. The lowest BCUT2D eigenvalue weighted by Gasteiger charge is -2.34. The van der Waals surface area contributed by atoms with Crippen molar-refractivity contribution >= 4 is 17.3 Å². The van der Waals surface area contributed by atoms with Crippen molar-refractivity contribution in [1.82, 2.24) is 4.90 Å². The summed E-state index contributed by atoms with van der Waals surface area (Å²) in [5.74, 6) is -0.277. The van der Waals surface area contributed by atoms with Gasteiger partial charge in [-0.1, -0.05) is 0 Å². The molecule has 1 fully saturated rings. The fraction of sp³-hybridized carbons (Fsp3) is 0.500. The molecule has 0 aromatic heterocycles. The summed E-state index contributed by atoms with van der Waals surface area (Å²) < 4.78 is 0. The summed E-state index contributed by atoms with van der Waals surface area (Å²) in [7, 11) is 1.72. The number of benzene rings is 1. The summed E-state index contributed by atoms with van der Waals surface area (Å²) in [6.07, 6.45) is 3.06. The van der Waals surface area contributed by atoms with Crippen LogP contribution in [0.25, 0.3) is 0 Å². The van der Waals surface area contributed by atoms with Crippen molar-refractivity contribution in [1.29, 1.82) is 0 Å². The van der Waals surface area contributed by atoms with E-state index in [2.05, 4.69) is 5.32 Å². The second-order valence-corrected chi connectivity index (χ2v) is 5.02. The van der Waals surface area contributed by atoms with Crippen LogP contribution in [-0.2, 0) is 0 Å². The van der Waals surface area contributed by atoms with Crippen LogP contribution in [0.1, 0.15) is 36.5 Å². The minimum absolute atomic E-state index is 0.136. The molecule has 0 atom stereocenters. The molecule has 0 saturated heterocycles. The van der Waals surface area contributed by atoms with E-state index in [-0.39, 0.29) is 23.2 Å². The largest absolute Gasteiger partial charge is 0.385 e. The molecular weight excluding hydrogens is 258 g/mol. The van der Waals surface area contributed by atoms with Gasteiger partial charge < -0.3 is 10.2 Å². The minimum atomic E-state index is -0.502. The first-order valence-electron chi connectivity index (χ1n) is 6.84. The lowest BCUT2D eigenvalue weighted by Crippen LogP contribution is -2.41. The van der Waals surface area contributed by atoms with E-state index < -0.39 is 4.92 Å². The molecule has 2 rings (SSSR count). The van der Waals surface area contributed by atoms with Crippen LogP contribution in [-0.4, -0.2) is 35.4 Å². The Morgan fingerprint density at radius 2 is 2.20 bits per heavy atom. The normalized spacial score (nSPS) is 14.5. The van der Waals surface area contributed by atoms with E-state index in [0.717, 1.165) is 24.9 Å². The van der Waals surface area contributed by atoms with Gasteiger partial charge in [-0.05, 0) is 38.3 Å². The van der Waals surface area contributed by atoms with E-state index >= 15 is 0 Å². The van der Waals surface area contributed by atoms with Gasteiger partial charge in [-0.3, -0.25) is 14.9 Å². The first-order valence-corrected chi connectivity index (χ1v) is 6.84. The van der Waals surface area contributed by atoms with Crippen molar-refractivity contribution in [3.05, 3.63) is 33.9 Å². The number of anilines is 1. The summed E-state index contributed by atoms with van der Waals surface area (Å²) in [4.78, 5) is 24.7. The molecule has 1 amide bonds. The van der Waals surface area contributed by atoms with Gasteiger partial charge in [-0.15, -0.1) is 0 Å². The maximum atomic E-state index is 12.5. The molecule has 0 aliphatic heterocycles. The van der Waals surface area contributed by atoms with Crippen LogP contribution in [0.5, 0.6) is 0 Å².